The van der Waals surface area contributed by atoms with Gasteiger partial charge in [-0.1, -0.05) is 12.1 Å². The van der Waals surface area contributed by atoms with E-state index in [-0.39, 0.29) is 11.9 Å². The normalized spacial score (nSPS) is 22.9. The average Bonchev–Trinajstić information content (AvgIpc) is 2.85. The van der Waals surface area contributed by atoms with Crippen molar-refractivity contribution in [3.05, 3.63) is 29.8 Å². The summed E-state index contributed by atoms with van der Waals surface area (Å²) in [6, 6.07) is 8.18. The van der Waals surface area contributed by atoms with Gasteiger partial charge in [0.2, 0.25) is 0 Å². The Morgan fingerprint density at radius 3 is 2.63 bits per heavy atom. The van der Waals surface area contributed by atoms with Crippen molar-refractivity contribution in [3.63, 3.8) is 0 Å². The van der Waals surface area contributed by atoms with Gasteiger partial charge in [0.1, 0.15) is 0 Å². The van der Waals surface area contributed by atoms with Crippen molar-refractivity contribution in [2.75, 3.05) is 26.5 Å². The third-order valence-electron chi connectivity index (χ3n) is 3.71. The number of Topliss-reactive ketones (excluding diaryl/α,β-unsaturated/α-hetero) is 1. The molecule has 1 fully saturated rings. The molecule has 1 aliphatic rings. The number of ether oxygens (including phenoxy) is 1. The number of nitrogens with zero attached hydrogens (tertiary/aromatic N) is 1. The molecule has 2 unspecified atom stereocenters. The molecule has 104 valence electrons. The third-order valence-corrected chi connectivity index (χ3v) is 4.45. The highest BCUT2D eigenvalue weighted by atomic mass is 32.2. The van der Waals surface area contributed by atoms with Crippen molar-refractivity contribution >= 4 is 17.5 Å². The Labute approximate surface area is 119 Å². The number of likely N-dealkylation sites (N-methyl/N-ethyl adjacent to an activating group) is 1. The van der Waals surface area contributed by atoms with E-state index in [0.717, 1.165) is 18.6 Å². The zero-order chi connectivity index (χ0) is 13.8. The summed E-state index contributed by atoms with van der Waals surface area (Å²) in [5.41, 5.74) is 0.788. The van der Waals surface area contributed by atoms with Crippen LogP contribution in [-0.4, -0.2) is 49.3 Å². The molecule has 4 heteroatoms. The number of rotatable bonds is 5. The molecule has 0 radical (unpaired) electrons. The van der Waals surface area contributed by atoms with Gasteiger partial charge < -0.3 is 4.74 Å². The maximum absolute atomic E-state index is 12.2. The second kappa shape index (κ2) is 6.55. The fraction of sp³-hybridized carbons (Fsp3) is 0.533. The van der Waals surface area contributed by atoms with Gasteiger partial charge in [-0.15, -0.1) is 11.8 Å². The summed E-state index contributed by atoms with van der Waals surface area (Å²) in [6.45, 7) is 3.33. The summed E-state index contributed by atoms with van der Waals surface area (Å²) in [7, 11) is 2.00. The highest BCUT2D eigenvalue weighted by Gasteiger charge is 2.28. The highest BCUT2D eigenvalue weighted by molar-refractivity contribution is 7.98. The molecule has 0 aromatic heterocycles. The van der Waals surface area contributed by atoms with Crippen LogP contribution in [0.5, 0.6) is 0 Å². The van der Waals surface area contributed by atoms with Crippen LogP contribution in [0.1, 0.15) is 23.7 Å². The number of carbonyl (C=O) groups excluding carboxylic acids is 1. The minimum absolute atomic E-state index is 0.175. The maximum Gasteiger partial charge on any atom is 0.176 e. The molecular weight excluding hydrogens is 258 g/mol. The predicted molar refractivity (Wildman–Crippen MR) is 79.0 cm³/mol. The number of benzene rings is 1. The molecule has 0 N–H and O–H groups in total. The lowest BCUT2D eigenvalue weighted by molar-refractivity contribution is 0.0745. The van der Waals surface area contributed by atoms with Crippen LogP contribution in [0.4, 0.5) is 0 Å². The number of hydrogen-bond acceptors (Lipinski definition) is 4. The highest BCUT2D eigenvalue weighted by Crippen LogP contribution is 2.19. The van der Waals surface area contributed by atoms with Crippen LogP contribution < -0.4 is 0 Å². The molecule has 2 atom stereocenters. The van der Waals surface area contributed by atoms with Gasteiger partial charge in [0.15, 0.2) is 5.78 Å². The fourth-order valence-electron chi connectivity index (χ4n) is 2.51. The first kappa shape index (κ1) is 14.6. The maximum atomic E-state index is 12.2. The largest absolute Gasteiger partial charge is 0.377 e. The average molecular weight is 279 g/mol. The molecule has 1 saturated heterocycles. The van der Waals surface area contributed by atoms with Crippen LogP contribution in [0.25, 0.3) is 0 Å². The summed E-state index contributed by atoms with van der Waals surface area (Å²) < 4.78 is 5.55. The number of hydrogen-bond donors (Lipinski definition) is 0. The summed E-state index contributed by atoms with van der Waals surface area (Å²) in [6.07, 6.45) is 3.26. The van der Waals surface area contributed by atoms with E-state index >= 15 is 0 Å². The van der Waals surface area contributed by atoms with Gasteiger partial charge in [-0.3, -0.25) is 9.69 Å². The Balaban J connectivity index is 1.96. The van der Waals surface area contributed by atoms with Crippen molar-refractivity contribution in [1.29, 1.82) is 0 Å². The molecular formula is C15H21NO2S. The molecule has 1 aromatic rings. The van der Waals surface area contributed by atoms with Crippen LogP contribution >= 0.6 is 11.8 Å². The molecule has 1 aromatic carbocycles. The van der Waals surface area contributed by atoms with Gasteiger partial charge >= 0.3 is 0 Å². The zero-order valence-corrected chi connectivity index (χ0v) is 12.6. The molecule has 0 aliphatic carbocycles. The van der Waals surface area contributed by atoms with Gasteiger partial charge in [0.25, 0.3) is 0 Å². The molecule has 0 saturated carbocycles. The summed E-state index contributed by atoms with van der Waals surface area (Å²) in [5.74, 6) is 0.175. The standard InChI is InChI=1S/C15H21NO2S/c1-11-14(8-9-18-11)16(2)10-15(17)12-4-6-13(19-3)7-5-12/h4-7,11,14H,8-10H2,1-3H3. The lowest BCUT2D eigenvalue weighted by Crippen LogP contribution is -2.39. The second-order valence-electron chi connectivity index (χ2n) is 5.00. The van der Waals surface area contributed by atoms with Crippen LogP contribution in [0.15, 0.2) is 29.2 Å². The Morgan fingerprint density at radius 2 is 2.11 bits per heavy atom. The van der Waals surface area contributed by atoms with Crippen molar-refractivity contribution in [1.82, 2.24) is 4.90 Å². The zero-order valence-electron chi connectivity index (χ0n) is 11.8. The Morgan fingerprint density at radius 1 is 1.42 bits per heavy atom. The lowest BCUT2D eigenvalue weighted by atomic mass is 10.1. The SMILES string of the molecule is CSc1ccc(C(=O)CN(C)C2CCOC2C)cc1. The summed E-state index contributed by atoms with van der Waals surface area (Å²) in [5, 5.41) is 0. The summed E-state index contributed by atoms with van der Waals surface area (Å²) in [4.78, 5) is 15.5. The van der Waals surface area contributed by atoms with E-state index < -0.39 is 0 Å². The number of thioether (sulfide) groups is 1. The fourth-order valence-corrected chi connectivity index (χ4v) is 2.92. The minimum Gasteiger partial charge on any atom is -0.377 e. The molecule has 1 aliphatic heterocycles. The molecule has 1 heterocycles. The molecule has 3 nitrogen and oxygen atoms in total. The lowest BCUT2D eigenvalue weighted by Gasteiger charge is -2.25. The van der Waals surface area contributed by atoms with Crippen LogP contribution in [0.3, 0.4) is 0 Å². The molecule has 2 rings (SSSR count). The van der Waals surface area contributed by atoms with Gasteiger partial charge in [0, 0.05) is 23.1 Å². The topological polar surface area (TPSA) is 29.5 Å². The van der Waals surface area contributed by atoms with Crippen LogP contribution in [0, 0.1) is 0 Å². The van der Waals surface area contributed by atoms with Crippen molar-refractivity contribution in [2.45, 2.75) is 30.4 Å². The van der Waals surface area contributed by atoms with Gasteiger partial charge in [-0.05, 0) is 38.8 Å². The first-order valence-corrected chi connectivity index (χ1v) is 7.83. The quantitative estimate of drug-likeness (QED) is 0.612. The van der Waals surface area contributed by atoms with E-state index in [1.54, 1.807) is 11.8 Å². The molecule has 0 amide bonds. The van der Waals surface area contributed by atoms with E-state index in [0.29, 0.717) is 12.6 Å². The van der Waals surface area contributed by atoms with Crippen LogP contribution in [0.2, 0.25) is 0 Å². The van der Waals surface area contributed by atoms with Gasteiger partial charge in [-0.2, -0.15) is 0 Å². The van der Waals surface area contributed by atoms with Crippen molar-refractivity contribution in [2.24, 2.45) is 0 Å². The van der Waals surface area contributed by atoms with E-state index in [4.69, 9.17) is 4.74 Å². The monoisotopic (exact) mass is 279 g/mol. The molecule has 19 heavy (non-hydrogen) atoms. The van der Waals surface area contributed by atoms with E-state index in [1.807, 2.05) is 37.6 Å². The third kappa shape index (κ3) is 3.59. The van der Waals surface area contributed by atoms with Crippen LogP contribution in [-0.2, 0) is 4.74 Å². The number of carbonyl (C=O) groups is 1. The smallest absolute Gasteiger partial charge is 0.176 e. The first-order valence-electron chi connectivity index (χ1n) is 6.61. The predicted octanol–water partition coefficient (Wildman–Crippen LogP) is 2.70. The van der Waals surface area contributed by atoms with Gasteiger partial charge in [-0.25, -0.2) is 0 Å². The van der Waals surface area contributed by atoms with Crippen molar-refractivity contribution < 1.29 is 9.53 Å². The second-order valence-corrected chi connectivity index (χ2v) is 5.88. The van der Waals surface area contributed by atoms with Gasteiger partial charge in [0.05, 0.1) is 12.6 Å². The number of ketones is 1. The van der Waals surface area contributed by atoms with E-state index in [9.17, 15) is 4.79 Å². The Hall–Kier alpha value is -0.840. The van der Waals surface area contributed by atoms with E-state index in [2.05, 4.69) is 11.8 Å². The Bertz CT molecular complexity index is 432. The Kier molecular flexibility index (Phi) is 5.02. The van der Waals surface area contributed by atoms with Crippen molar-refractivity contribution in [3.8, 4) is 0 Å². The molecule has 0 bridgehead atoms. The van der Waals surface area contributed by atoms with E-state index in [1.165, 1.54) is 4.90 Å². The summed E-state index contributed by atoms with van der Waals surface area (Å²) >= 11 is 1.69. The first-order chi connectivity index (χ1) is 9.11. The minimum atomic E-state index is 0.175. The molecule has 0 spiro atoms.